The molecule has 0 spiro atoms. The Hall–Kier alpha value is -1.59. The van der Waals surface area contributed by atoms with Crippen LogP contribution in [0, 0.1) is 5.92 Å². The highest BCUT2D eigenvalue weighted by Crippen LogP contribution is 2.17. The first kappa shape index (κ1) is 22.7. The third-order valence-electron chi connectivity index (χ3n) is 5.47. The Morgan fingerprint density at radius 3 is 2.64 bits per heavy atom. The molecule has 2 rings (SSSR count). The number of carbonyl (C=O) groups is 2. The lowest BCUT2D eigenvalue weighted by molar-refractivity contribution is -0.123. The van der Waals surface area contributed by atoms with Crippen molar-refractivity contribution in [2.75, 3.05) is 19.6 Å². The molecule has 2 N–H and O–H groups in total. The van der Waals surface area contributed by atoms with Crippen LogP contribution in [-0.4, -0.2) is 48.4 Å². The molecule has 156 valence electrons. The third-order valence-corrected chi connectivity index (χ3v) is 5.80. The highest BCUT2D eigenvalue weighted by atomic mass is 35.5. The van der Waals surface area contributed by atoms with Crippen molar-refractivity contribution in [3.05, 3.63) is 34.9 Å². The summed E-state index contributed by atoms with van der Waals surface area (Å²) in [7, 11) is 0. The van der Waals surface area contributed by atoms with Gasteiger partial charge in [0.1, 0.15) is 6.04 Å². The number of hydrogen-bond donors (Lipinski definition) is 2. The number of carbonyl (C=O) groups excluding carboxylic acids is 2. The molecule has 5 nitrogen and oxygen atoms in total. The Balaban J connectivity index is 1.76. The van der Waals surface area contributed by atoms with Gasteiger partial charge >= 0.3 is 0 Å². The third kappa shape index (κ3) is 6.78. The van der Waals surface area contributed by atoms with Crippen LogP contribution in [0.15, 0.2) is 24.3 Å². The van der Waals surface area contributed by atoms with Crippen LogP contribution in [0.5, 0.6) is 0 Å². The lowest BCUT2D eigenvalue weighted by atomic mass is 10.0. The molecule has 1 saturated heterocycles. The van der Waals surface area contributed by atoms with Crippen molar-refractivity contribution in [2.24, 2.45) is 5.92 Å². The predicted molar refractivity (Wildman–Crippen MR) is 115 cm³/mol. The molecular weight excluding hydrogens is 374 g/mol. The summed E-state index contributed by atoms with van der Waals surface area (Å²) in [6, 6.07) is 6.96. The normalized spacial score (nSPS) is 18.7. The van der Waals surface area contributed by atoms with Crippen LogP contribution in [0.2, 0.25) is 5.02 Å². The highest BCUT2D eigenvalue weighted by Gasteiger charge is 2.25. The fraction of sp³-hybridized carbons (Fsp3) is 0.636. The first-order chi connectivity index (χ1) is 13.4. The van der Waals surface area contributed by atoms with Crippen LogP contribution in [-0.2, 0) is 4.79 Å². The molecule has 0 aliphatic carbocycles. The SMILES string of the molecule is CC(C)[C@H](NC(=O)c1ccccc1Cl)C(=O)NCCCCN1CCCC[C@@H]1C. The van der Waals surface area contributed by atoms with Gasteiger partial charge in [0.05, 0.1) is 10.6 Å². The van der Waals surface area contributed by atoms with E-state index in [0.29, 0.717) is 23.2 Å². The monoisotopic (exact) mass is 407 g/mol. The van der Waals surface area contributed by atoms with Gasteiger partial charge in [-0.05, 0) is 63.7 Å². The Morgan fingerprint density at radius 2 is 1.96 bits per heavy atom. The maximum atomic E-state index is 12.6. The number of hydrogen-bond acceptors (Lipinski definition) is 3. The minimum Gasteiger partial charge on any atom is -0.354 e. The maximum Gasteiger partial charge on any atom is 0.253 e. The Bertz CT molecular complexity index is 650. The minimum atomic E-state index is -0.578. The van der Waals surface area contributed by atoms with Crippen molar-refractivity contribution >= 4 is 23.4 Å². The minimum absolute atomic E-state index is 0.0133. The zero-order chi connectivity index (χ0) is 20.5. The second-order valence-electron chi connectivity index (χ2n) is 8.05. The number of nitrogens with zero attached hydrogens (tertiary/aromatic N) is 1. The summed E-state index contributed by atoms with van der Waals surface area (Å²) in [6.45, 7) is 9.07. The number of nitrogens with one attached hydrogen (secondary N) is 2. The van der Waals surface area contributed by atoms with E-state index < -0.39 is 6.04 Å². The van der Waals surface area contributed by atoms with Gasteiger partial charge < -0.3 is 15.5 Å². The van der Waals surface area contributed by atoms with Gasteiger partial charge in [0, 0.05) is 12.6 Å². The molecular formula is C22H34ClN3O2. The van der Waals surface area contributed by atoms with Crippen LogP contribution in [0.4, 0.5) is 0 Å². The Kier molecular flexibility index (Phi) is 9.26. The zero-order valence-corrected chi connectivity index (χ0v) is 18.1. The zero-order valence-electron chi connectivity index (χ0n) is 17.3. The first-order valence-corrected chi connectivity index (χ1v) is 10.8. The molecule has 0 aromatic heterocycles. The van der Waals surface area contributed by atoms with Gasteiger partial charge in [0.15, 0.2) is 0 Å². The molecule has 1 heterocycles. The summed E-state index contributed by atoms with van der Waals surface area (Å²) in [4.78, 5) is 27.6. The van der Waals surface area contributed by atoms with Crippen LogP contribution in [0.25, 0.3) is 0 Å². The van der Waals surface area contributed by atoms with Crippen LogP contribution >= 0.6 is 11.6 Å². The van der Waals surface area contributed by atoms with E-state index in [4.69, 9.17) is 11.6 Å². The molecule has 0 radical (unpaired) electrons. The number of rotatable bonds is 9. The topological polar surface area (TPSA) is 61.4 Å². The Morgan fingerprint density at radius 1 is 1.21 bits per heavy atom. The first-order valence-electron chi connectivity index (χ1n) is 10.5. The van der Waals surface area contributed by atoms with Crippen molar-refractivity contribution in [3.63, 3.8) is 0 Å². The molecule has 28 heavy (non-hydrogen) atoms. The fourth-order valence-electron chi connectivity index (χ4n) is 3.65. The number of unbranched alkanes of at least 4 members (excludes halogenated alkanes) is 1. The van der Waals surface area contributed by atoms with E-state index in [9.17, 15) is 9.59 Å². The molecule has 2 amide bonds. The Labute approximate surface area is 174 Å². The molecule has 0 saturated carbocycles. The van der Waals surface area contributed by atoms with Crippen LogP contribution in [0.3, 0.4) is 0 Å². The molecule has 1 aromatic carbocycles. The second-order valence-corrected chi connectivity index (χ2v) is 8.46. The van der Waals surface area contributed by atoms with Gasteiger partial charge in [-0.15, -0.1) is 0 Å². The van der Waals surface area contributed by atoms with E-state index in [1.165, 1.54) is 25.8 Å². The molecule has 1 aliphatic heterocycles. The number of amides is 2. The number of halogens is 1. The summed E-state index contributed by atoms with van der Waals surface area (Å²) in [5.41, 5.74) is 0.387. The van der Waals surface area contributed by atoms with E-state index >= 15 is 0 Å². The number of likely N-dealkylation sites (tertiary alicyclic amines) is 1. The summed E-state index contributed by atoms with van der Waals surface area (Å²) >= 11 is 6.09. The quantitative estimate of drug-likeness (QED) is 0.611. The van der Waals surface area contributed by atoms with Crippen molar-refractivity contribution in [3.8, 4) is 0 Å². The van der Waals surface area contributed by atoms with Crippen molar-refractivity contribution in [1.82, 2.24) is 15.5 Å². The van der Waals surface area contributed by atoms with Gasteiger partial charge in [0.2, 0.25) is 5.91 Å². The molecule has 1 aliphatic rings. The summed E-state index contributed by atoms with van der Waals surface area (Å²) in [6.07, 6.45) is 5.94. The van der Waals surface area contributed by atoms with E-state index in [0.717, 1.165) is 19.4 Å². The van der Waals surface area contributed by atoms with Gasteiger partial charge in [-0.2, -0.15) is 0 Å². The maximum absolute atomic E-state index is 12.6. The van der Waals surface area contributed by atoms with E-state index in [1.54, 1.807) is 24.3 Å². The number of piperidine rings is 1. The van der Waals surface area contributed by atoms with Crippen LogP contribution in [0.1, 0.15) is 63.2 Å². The summed E-state index contributed by atoms with van der Waals surface area (Å²) in [5, 5.41) is 6.19. The van der Waals surface area contributed by atoms with Gasteiger partial charge in [0.25, 0.3) is 5.91 Å². The average molecular weight is 408 g/mol. The highest BCUT2D eigenvalue weighted by molar-refractivity contribution is 6.33. The molecule has 0 unspecified atom stereocenters. The van der Waals surface area contributed by atoms with Crippen LogP contribution < -0.4 is 10.6 Å². The standard InChI is InChI=1S/C22H34ClN3O2/c1-16(2)20(25-21(27)18-11-4-5-12-19(18)23)22(28)24-13-7-9-15-26-14-8-6-10-17(26)3/h4-5,11-12,16-17,20H,6-10,13-15H2,1-3H3,(H,24,28)(H,25,27)/t17-,20-/m0/s1. The summed E-state index contributed by atoms with van der Waals surface area (Å²) < 4.78 is 0. The lowest BCUT2D eigenvalue weighted by Gasteiger charge is -2.33. The van der Waals surface area contributed by atoms with Crippen molar-refractivity contribution in [2.45, 2.75) is 65.0 Å². The largest absolute Gasteiger partial charge is 0.354 e. The molecule has 1 aromatic rings. The molecule has 1 fully saturated rings. The van der Waals surface area contributed by atoms with E-state index in [2.05, 4.69) is 22.5 Å². The van der Waals surface area contributed by atoms with Gasteiger partial charge in [-0.3, -0.25) is 9.59 Å². The predicted octanol–water partition coefficient (Wildman–Crippen LogP) is 3.87. The second kappa shape index (κ2) is 11.4. The lowest BCUT2D eigenvalue weighted by Crippen LogP contribution is -2.50. The molecule has 2 atom stereocenters. The molecule has 6 heteroatoms. The molecule has 0 bridgehead atoms. The smallest absolute Gasteiger partial charge is 0.253 e. The summed E-state index contributed by atoms with van der Waals surface area (Å²) in [5.74, 6) is -0.471. The van der Waals surface area contributed by atoms with E-state index in [-0.39, 0.29) is 17.7 Å². The fourth-order valence-corrected chi connectivity index (χ4v) is 3.87. The van der Waals surface area contributed by atoms with E-state index in [1.807, 2.05) is 13.8 Å². The van der Waals surface area contributed by atoms with Gasteiger partial charge in [-0.1, -0.05) is 44.0 Å². The average Bonchev–Trinajstić information content (AvgIpc) is 2.67. The number of benzene rings is 1. The van der Waals surface area contributed by atoms with Crippen molar-refractivity contribution < 1.29 is 9.59 Å². The van der Waals surface area contributed by atoms with Crippen molar-refractivity contribution in [1.29, 1.82) is 0 Å². The van der Waals surface area contributed by atoms with Gasteiger partial charge in [-0.25, -0.2) is 0 Å².